The third kappa shape index (κ3) is 4.59. The molecule has 0 saturated carbocycles. The van der Waals surface area contributed by atoms with Crippen molar-refractivity contribution in [2.24, 2.45) is 0 Å². The molecule has 1 heterocycles. The molecule has 0 unspecified atom stereocenters. The van der Waals surface area contributed by atoms with Gasteiger partial charge in [-0.1, -0.05) is 6.07 Å². The molecular formula is C14H16FNO3S2. The van der Waals surface area contributed by atoms with Crippen LogP contribution in [-0.4, -0.2) is 20.7 Å². The average molecular weight is 329 g/mol. The molecule has 0 amide bonds. The van der Waals surface area contributed by atoms with E-state index >= 15 is 0 Å². The fourth-order valence-corrected chi connectivity index (χ4v) is 3.93. The number of hydrogen-bond acceptors (Lipinski definition) is 4. The van der Waals surface area contributed by atoms with Gasteiger partial charge in [0, 0.05) is 12.3 Å². The van der Waals surface area contributed by atoms with E-state index in [1.165, 1.54) is 12.1 Å². The molecule has 7 heteroatoms. The van der Waals surface area contributed by atoms with E-state index in [4.69, 9.17) is 4.42 Å². The van der Waals surface area contributed by atoms with Crippen molar-refractivity contribution in [2.45, 2.75) is 17.6 Å². The van der Waals surface area contributed by atoms with Gasteiger partial charge in [0.25, 0.3) is 0 Å². The first-order valence-corrected chi connectivity index (χ1v) is 8.99. The van der Waals surface area contributed by atoms with E-state index in [1.54, 1.807) is 24.9 Å². The van der Waals surface area contributed by atoms with E-state index in [9.17, 15) is 12.8 Å². The summed E-state index contributed by atoms with van der Waals surface area (Å²) < 4.78 is 45.0. The fraction of sp³-hybridized carbons (Fsp3) is 0.286. The second-order valence-electron chi connectivity index (χ2n) is 4.44. The van der Waals surface area contributed by atoms with Crippen LogP contribution in [0.2, 0.25) is 0 Å². The standard InChI is InChI=1S/C14H16FNO3S2/c1-11-4-5-12(15)9-14(11)21(17,18)16-6-8-20-10-13-3-2-7-19-13/h2-5,7,9,16H,6,8,10H2,1H3. The van der Waals surface area contributed by atoms with Crippen LogP contribution in [0.4, 0.5) is 4.39 Å². The highest BCUT2D eigenvalue weighted by atomic mass is 32.2. The van der Waals surface area contributed by atoms with Gasteiger partial charge >= 0.3 is 0 Å². The Morgan fingerprint density at radius 1 is 1.33 bits per heavy atom. The van der Waals surface area contributed by atoms with Crippen LogP contribution >= 0.6 is 11.8 Å². The van der Waals surface area contributed by atoms with Crippen LogP contribution in [0.1, 0.15) is 11.3 Å². The maximum absolute atomic E-state index is 13.2. The van der Waals surface area contributed by atoms with Crippen molar-refractivity contribution >= 4 is 21.8 Å². The van der Waals surface area contributed by atoms with Crippen LogP contribution < -0.4 is 4.72 Å². The summed E-state index contributed by atoms with van der Waals surface area (Å²) in [7, 11) is -3.67. The minimum atomic E-state index is -3.67. The predicted molar refractivity (Wildman–Crippen MR) is 81.2 cm³/mol. The molecule has 0 aliphatic carbocycles. The Bertz CT molecular complexity index is 684. The van der Waals surface area contributed by atoms with Crippen LogP contribution in [0.5, 0.6) is 0 Å². The summed E-state index contributed by atoms with van der Waals surface area (Å²) in [4.78, 5) is -0.0152. The summed E-state index contributed by atoms with van der Waals surface area (Å²) in [6.07, 6.45) is 1.60. The molecule has 0 bridgehead atoms. The fourth-order valence-electron chi connectivity index (χ4n) is 1.76. The lowest BCUT2D eigenvalue weighted by atomic mass is 10.2. The maximum Gasteiger partial charge on any atom is 0.240 e. The smallest absolute Gasteiger partial charge is 0.240 e. The van der Waals surface area contributed by atoms with Crippen molar-refractivity contribution in [3.05, 3.63) is 53.7 Å². The van der Waals surface area contributed by atoms with Crippen LogP contribution in [0.15, 0.2) is 45.9 Å². The Kier molecular flexibility index (Phi) is 5.44. The van der Waals surface area contributed by atoms with Crippen LogP contribution in [-0.2, 0) is 15.8 Å². The normalized spacial score (nSPS) is 11.7. The zero-order chi connectivity index (χ0) is 15.3. The molecule has 1 aromatic carbocycles. The minimum Gasteiger partial charge on any atom is -0.468 e. The molecule has 114 valence electrons. The second kappa shape index (κ2) is 7.11. The van der Waals surface area contributed by atoms with Crippen molar-refractivity contribution < 1.29 is 17.2 Å². The van der Waals surface area contributed by atoms with E-state index in [-0.39, 0.29) is 11.4 Å². The van der Waals surface area contributed by atoms with Gasteiger partial charge in [-0.25, -0.2) is 17.5 Å². The Labute approximate surface area is 127 Å². The quantitative estimate of drug-likeness (QED) is 0.794. The average Bonchev–Trinajstić information content (AvgIpc) is 2.94. The number of benzene rings is 1. The SMILES string of the molecule is Cc1ccc(F)cc1S(=O)(=O)NCCSCc1ccco1. The molecule has 0 saturated heterocycles. The zero-order valence-corrected chi connectivity index (χ0v) is 13.1. The summed E-state index contributed by atoms with van der Waals surface area (Å²) in [5.74, 6) is 1.58. The molecule has 0 aliphatic heterocycles. The molecule has 0 aliphatic rings. The zero-order valence-electron chi connectivity index (χ0n) is 11.5. The highest BCUT2D eigenvalue weighted by molar-refractivity contribution is 7.98. The number of sulfonamides is 1. The van der Waals surface area contributed by atoms with Gasteiger partial charge in [0.05, 0.1) is 16.9 Å². The Morgan fingerprint density at radius 2 is 2.14 bits per heavy atom. The summed E-state index contributed by atoms with van der Waals surface area (Å²) in [5, 5.41) is 0. The number of aryl methyl sites for hydroxylation is 1. The number of hydrogen-bond donors (Lipinski definition) is 1. The number of rotatable bonds is 7. The maximum atomic E-state index is 13.2. The molecule has 21 heavy (non-hydrogen) atoms. The lowest BCUT2D eigenvalue weighted by Crippen LogP contribution is -2.26. The summed E-state index contributed by atoms with van der Waals surface area (Å²) in [6, 6.07) is 7.41. The molecule has 0 atom stereocenters. The van der Waals surface area contributed by atoms with Crippen molar-refractivity contribution in [3.63, 3.8) is 0 Å². The lowest BCUT2D eigenvalue weighted by Gasteiger charge is -2.09. The molecule has 2 rings (SSSR count). The molecule has 2 aromatic rings. The topological polar surface area (TPSA) is 59.3 Å². The first-order valence-electron chi connectivity index (χ1n) is 6.35. The summed E-state index contributed by atoms with van der Waals surface area (Å²) >= 11 is 1.56. The third-order valence-corrected chi connectivity index (χ3v) is 5.39. The van der Waals surface area contributed by atoms with Gasteiger partial charge in [0.15, 0.2) is 0 Å². The number of halogens is 1. The molecule has 0 spiro atoms. The van der Waals surface area contributed by atoms with Gasteiger partial charge in [-0.3, -0.25) is 0 Å². The number of thioether (sulfide) groups is 1. The van der Waals surface area contributed by atoms with Gasteiger partial charge in [0.2, 0.25) is 10.0 Å². The Hall–Kier alpha value is -1.31. The largest absolute Gasteiger partial charge is 0.468 e. The number of furan rings is 1. The van der Waals surface area contributed by atoms with Crippen LogP contribution in [0.25, 0.3) is 0 Å². The van der Waals surface area contributed by atoms with Crippen molar-refractivity contribution in [2.75, 3.05) is 12.3 Å². The van der Waals surface area contributed by atoms with Gasteiger partial charge in [0.1, 0.15) is 11.6 Å². The van der Waals surface area contributed by atoms with E-state index in [0.29, 0.717) is 17.1 Å². The minimum absolute atomic E-state index is 0.0152. The third-order valence-electron chi connectivity index (χ3n) is 2.80. The molecule has 4 nitrogen and oxygen atoms in total. The van der Waals surface area contributed by atoms with Crippen molar-refractivity contribution in [3.8, 4) is 0 Å². The van der Waals surface area contributed by atoms with E-state index in [1.807, 2.05) is 12.1 Å². The molecule has 1 aromatic heterocycles. The monoisotopic (exact) mass is 329 g/mol. The van der Waals surface area contributed by atoms with Gasteiger partial charge in [-0.05, 0) is 36.8 Å². The van der Waals surface area contributed by atoms with Crippen molar-refractivity contribution in [1.29, 1.82) is 0 Å². The van der Waals surface area contributed by atoms with Crippen molar-refractivity contribution in [1.82, 2.24) is 4.72 Å². The highest BCUT2D eigenvalue weighted by Gasteiger charge is 2.16. The predicted octanol–water partition coefficient (Wildman–Crippen LogP) is 2.94. The van der Waals surface area contributed by atoms with Gasteiger partial charge in [-0.2, -0.15) is 11.8 Å². The van der Waals surface area contributed by atoms with E-state index < -0.39 is 15.8 Å². The first-order chi connectivity index (χ1) is 9.99. The number of nitrogens with one attached hydrogen (secondary N) is 1. The molecule has 1 N–H and O–H groups in total. The molecule has 0 radical (unpaired) electrons. The van der Waals surface area contributed by atoms with Gasteiger partial charge < -0.3 is 4.42 Å². The molecule has 0 fully saturated rings. The van der Waals surface area contributed by atoms with E-state index in [0.717, 1.165) is 11.8 Å². The van der Waals surface area contributed by atoms with Gasteiger partial charge in [-0.15, -0.1) is 0 Å². The Morgan fingerprint density at radius 3 is 2.86 bits per heavy atom. The van der Waals surface area contributed by atoms with E-state index in [2.05, 4.69) is 4.72 Å². The van der Waals surface area contributed by atoms with Crippen LogP contribution in [0, 0.1) is 12.7 Å². The summed E-state index contributed by atoms with van der Waals surface area (Å²) in [5.41, 5.74) is 0.520. The second-order valence-corrected chi connectivity index (χ2v) is 7.28. The molecular weight excluding hydrogens is 313 g/mol. The first kappa shape index (κ1) is 16.1. The van der Waals surface area contributed by atoms with Crippen LogP contribution in [0.3, 0.4) is 0 Å². The lowest BCUT2D eigenvalue weighted by molar-refractivity contribution is 0.530. The highest BCUT2D eigenvalue weighted by Crippen LogP contribution is 2.16. The Balaban J connectivity index is 1.85. The summed E-state index contributed by atoms with van der Waals surface area (Å²) in [6.45, 7) is 1.92.